The Morgan fingerprint density at radius 1 is 1.12 bits per heavy atom. The van der Waals surface area contributed by atoms with Gasteiger partial charge in [0.05, 0.1) is 23.3 Å². The molecule has 2 aromatic carbocycles. The zero-order valence-electron chi connectivity index (χ0n) is 21.2. The molecule has 0 saturated carbocycles. The van der Waals surface area contributed by atoms with Crippen LogP contribution < -0.4 is 15.0 Å². The summed E-state index contributed by atoms with van der Waals surface area (Å²) in [4.78, 5) is 28.1. The fourth-order valence-corrected chi connectivity index (χ4v) is 4.81. The summed E-state index contributed by atoms with van der Waals surface area (Å²) in [5.74, 6) is 0.573. The molecule has 0 saturated heterocycles. The Labute approximate surface area is 236 Å². The normalized spacial score (nSPS) is 11.2. The quantitative estimate of drug-likeness (QED) is 0.183. The number of aromatic amines is 1. The molecule has 0 fully saturated rings. The third-order valence-electron chi connectivity index (χ3n) is 5.71. The predicted molar refractivity (Wildman–Crippen MR) is 143 cm³/mol. The summed E-state index contributed by atoms with van der Waals surface area (Å²) in [7, 11) is 1.47. The molecule has 2 heterocycles. The first-order valence-electron chi connectivity index (χ1n) is 11.7. The van der Waals surface area contributed by atoms with Gasteiger partial charge in [0.2, 0.25) is 0 Å². The summed E-state index contributed by atoms with van der Waals surface area (Å²) in [5.41, 5.74) is 1.54. The number of thioether (sulfide) groups is 1. The van der Waals surface area contributed by atoms with Crippen LogP contribution in [-0.4, -0.2) is 32.8 Å². The second-order valence-electron chi connectivity index (χ2n) is 8.47. The number of aromatic nitrogens is 4. The average molecular weight is 588 g/mol. The van der Waals surface area contributed by atoms with Gasteiger partial charge in [0.15, 0.2) is 5.16 Å². The third kappa shape index (κ3) is 7.11. The van der Waals surface area contributed by atoms with Crippen molar-refractivity contribution in [1.82, 2.24) is 19.9 Å². The molecule has 4 rings (SSSR count). The molecule has 0 atom stereocenters. The van der Waals surface area contributed by atoms with Crippen molar-refractivity contribution in [1.29, 1.82) is 5.26 Å². The molecule has 206 valence electrons. The molecule has 0 aliphatic carbocycles. The van der Waals surface area contributed by atoms with E-state index in [0.29, 0.717) is 35.0 Å². The first-order valence-corrected chi connectivity index (χ1v) is 13.1. The molecule has 2 aromatic heterocycles. The van der Waals surface area contributed by atoms with Crippen LogP contribution >= 0.6 is 23.4 Å². The van der Waals surface area contributed by atoms with Crippen molar-refractivity contribution >= 4 is 23.4 Å². The van der Waals surface area contributed by atoms with Gasteiger partial charge in [-0.15, -0.1) is 0 Å². The van der Waals surface area contributed by atoms with Gasteiger partial charge in [0.25, 0.3) is 5.56 Å². The summed E-state index contributed by atoms with van der Waals surface area (Å²) < 4.78 is 50.0. The van der Waals surface area contributed by atoms with Crippen molar-refractivity contribution in [3.8, 4) is 23.6 Å². The molecular formula is C27H21ClF3N5O3S. The van der Waals surface area contributed by atoms with Gasteiger partial charge in [0, 0.05) is 35.8 Å². The highest BCUT2D eigenvalue weighted by Gasteiger charge is 2.33. The fourth-order valence-electron chi connectivity index (χ4n) is 3.69. The van der Waals surface area contributed by atoms with Crippen LogP contribution in [0.2, 0.25) is 5.02 Å². The Morgan fingerprint density at radius 3 is 2.52 bits per heavy atom. The SMILES string of the molecule is COc1ncc(Cc2c(C)nc(SCCc3ccc(Oc4ccc(Cl)c(C(F)(F)F)c4)c(C#N)c3)[nH]c2=O)cn1. The number of ether oxygens (including phenoxy) is 2. The molecule has 0 aliphatic heterocycles. The van der Waals surface area contributed by atoms with E-state index < -0.39 is 16.8 Å². The number of alkyl halides is 3. The van der Waals surface area contributed by atoms with Gasteiger partial charge >= 0.3 is 12.2 Å². The van der Waals surface area contributed by atoms with Crippen molar-refractivity contribution in [2.45, 2.75) is 31.1 Å². The van der Waals surface area contributed by atoms with Crippen LogP contribution in [0.3, 0.4) is 0 Å². The van der Waals surface area contributed by atoms with Gasteiger partial charge in [-0.05, 0) is 54.8 Å². The Hall–Kier alpha value is -4.08. The van der Waals surface area contributed by atoms with E-state index in [9.17, 15) is 23.2 Å². The van der Waals surface area contributed by atoms with E-state index in [0.717, 1.165) is 23.3 Å². The van der Waals surface area contributed by atoms with E-state index in [4.69, 9.17) is 21.1 Å². The topological polar surface area (TPSA) is 114 Å². The van der Waals surface area contributed by atoms with Crippen molar-refractivity contribution in [2.24, 2.45) is 0 Å². The van der Waals surface area contributed by atoms with Crippen molar-refractivity contribution in [3.63, 3.8) is 0 Å². The monoisotopic (exact) mass is 587 g/mol. The van der Waals surface area contributed by atoms with Crippen LogP contribution in [0.5, 0.6) is 17.5 Å². The average Bonchev–Trinajstić information content (AvgIpc) is 2.92. The minimum Gasteiger partial charge on any atom is -0.467 e. The molecule has 4 aromatic rings. The van der Waals surface area contributed by atoms with Crippen LogP contribution in [0.1, 0.15) is 33.5 Å². The number of H-pyrrole nitrogens is 1. The molecular weight excluding hydrogens is 567 g/mol. The van der Waals surface area contributed by atoms with Crippen molar-refractivity contribution < 1.29 is 22.6 Å². The zero-order valence-corrected chi connectivity index (χ0v) is 22.7. The highest BCUT2D eigenvalue weighted by atomic mass is 35.5. The molecule has 0 amide bonds. The molecule has 0 aliphatic rings. The highest BCUT2D eigenvalue weighted by molar-refractivity contribution is 7.99. The van der Waals surface area contributed by atoms with E-state index >= 15 is 0 Å². The van der Waals surface area contributed by atoms with E-state index in [1.54, 1.807) is 31.5 Å². The standard InChI is InChI=1S/C27H21ClF3N5O3S/c1-15-20(10-17-13-33-25(38-2)34-14-17)24(37)36-26(35-15)40-8-7-16-3-6-23(18(9-16)12-32)39-19-4-5-22(28)21(11-19)27(29,30)31/h3-6,9,11,13-14H,7-8,10H2,1-2H3,(H,35,36,37). The number of nitriles is 1. The van der Waals surface area contributed by atoms with Crippen LogP contribution in [0, 0.1) is 18.3 Å². The smallest absolute Gasteiger partial charge is 0.417 e. The molecule has 8 nitrogen and oxygen atoms in total. The Morgan fingerprint density at radius 2 is 1.88 bits per heavy atom. The van der Waals surface area contributed by atoms with Crippen LogP contribution in [0.15, 0.2) is 58.7 Å². The second-order valence-corrected chi connectivity index (χ2v) is 9.96. The highest BCUT2D eigenvalue weighted by Crippen LogP contribution is 2.38. The number of aryl methyl sites for hydroxylation is 2. The fraction of sp³-hybridized carbons (Fsp3) is 0.222. The lowest BCUT2D eigenvalue weighted by Gasteiger charge is -2.13. The summed E-state index contributed by atoms with van der Waals surface area (Å²) in [5, 5.41) is 9.59. The van der Waals surface area contributed by atoms with Crippen LogP contribution in [0.4, 0.5) is 13.2 Å². The van der Waals surface area contributed by atoms with E-state index in [-0.39, 0.29) is 28.6 Å². The minimum atomic E-state index is -4.64. The first kappa shape index (κ1) is 28.9. The molecule has 0 unspecified atom stereocenters. The summed E-state index contributed by atoms with van der Waals surface area (Å²) in [6.45, 7) is 1.76. The lowest BCUT2D eigenvalue weighted by molar-refractivity contribution is -0.137. The third-order valence-corrected chi connectivity index (χ3v) is 6.92. The maximum atomic E-state index is 13.2. The molecule has 0 spiro atoms. The van der Waals surface area contributed by atoms with E-state index in [2.05, 4.69) is 19.9 Å². The van der Waals surface area contributed by atoms with Crippen molar-refractivity contribution in [2.75, 3.05) is 12.9 Å². The number of methoxy groups -OCH3 is 1. The summed E-state index contributed by atoms with van der Waals surface area (Å²) in [6.07, 6.45) is -0.600. The van der Waals surface area contributed by atoms with Gasteiger partial charge in [-0.25, -0.2) is 15.0 Å². The Kier molecular flexibility index (Phi) is 8.96. The number of hydrogen-bond acceptors (Lipinski definition) is 8. The Bertz CT molecular complexity index is 1620. The van der Waals surface area contributed by atoms with Crippen LogP contribution in [0.25, 0.3) is 0 Å². The maximum absolute atomic E-state index is 13.2. The second kappa shape index (κ2) is 12.4. The zero-order chi connectivity index (χ0) is 28.9. The summed E-state index contributed by atoms with van der Waals surface area (Å²) >= 11 is 7.01. The van der Waals surface area contributed by atoms with Gasteiger partial charge in [-0.2, -0.15) is 18.4 Å². The Balaban J connectivity index is 1.40. The lowest BCUT2D eigenvalue weighted by atomic mass is 10.1. The number of benzene rings is 2. The van der Waals surface area contributed by atoms with Crippen LogP contribution in [-0.2, 0) is 19.0 Å². The lowest BCUT2D eigenvalue weighted by Crippen LogP contribution is -2.18. The van der Waals surface area contributed by atoms with Gasteiger partial charge < -0.3 is 14.5 Å². The molecule has 0 radical (unpaired) electrons. The molecule has 0 bridgehead atoms. The maximum Gasteiger partial charge on any atom is 0.417 e. The molecule has 13 heteroatoms. The molecule has 1 N–H and O–H groups in total. The van der Waals surface area contributed by atoms with Gasteiger partial charge in [-0.3, -0.25) is 4.79 Å². The predicted octanol–water partition coefficient (Wildman–Crippen LogP) is 6.14. The minimum absolute atomic E-state index is 0.0927. The van der Waals surface area contributed by atoms with Crippen molar-refractivity contribution in [3.05, 3.63) is 97.7 Å². The number of nitrogens with one attached hydrogen (secondary N) is 1. The van der Waals surface area contributed by atoms with Gasteiger partial charge in [0.1, 0.15) is 17.6 Å². The van der Waals surface area contributed by atoms with E-state index in [1.807, 2.05) is 6.07 Å². The number of nitrogens with zero attached hydrogens (tertiary/aromatic N) is 4. The molecule has 40 heavy (non-hydrogen) atoms. The number of halogens is 4. The first-order chi connectivity index (χ1) is 19.1. The number of rotatable bonds is 9. The number of hydrogen-bond donors (Lipinski definition) is 1. The largest absolute Gasteiger partial charge is 0.467 e. The van der Waals surface area contributed by atoms with Gasteiger partial charge in [-0.1, -0.05) is 29.4 Å². The van der Waals surface area contributed by atoms with E-state index in [1.165, 1.54) is 31.0 Å². The summed E-state index contributed by atoms with van der Waals surface area (Å²) in [6, 6.07) is 10.3.